The number of esters is 1. The monoisotopic (exact) mass is 633 g/mol. The van der Waals surface area contributed by atoms with Gasteiger partial charge in [-0.15, -0.1) is 0 Å². The number of carboxylic acids is 1. The van der Waals surface area contributed by atoms with Crippen LogP contribution in [0, 0.1) is 0 Å². The summed E-state index contributed by atoms with van der Waals surface area (Å²) < 4.78 is 5.87. The second kappa shape index (κ2) is 33.0. The van der Waals surface area contributed by atoms with Gasteiger partial charge in [0.25, 0.3) is 0 Å². The van der Waals surface area contributed by atoms with Gasteiger partial charge in [-0.25, -0.2) is 4.79 Å². The standard InChI is InChI=1S/C38H68N2O5/c1-3-5-7-9-11-12-13-14-15-16-17-18-20-26-32-37(42)45-34(28-23-19-10-8-6-4-2)29-24-21-22-25-31-36(41)40-35(38(43)44)30-27-33-39/h9,11,13-14,23,28,34-35H,3-8,10,12,15-22,24-27,29-33,39H2,1-2H3,(H,40,41)(H,43,44)/b11-9-,14-13-,28-23-. The van der Waals surface area contributed by atoms with Gasteiger partial charge in [-0.1, -0.05) is 108 Å². The summed E-state index contributed by atoms with van der Waals surface area (Å²) in [5.41, 5.74) is 5.46. The van der Waals surface area contributed by atoms with Gasteiger partial charge in [0.2, 0.25) is 5.91 Å². The second-order valence-corrected chi connectivity index (χ2v) is 12.3. The Labute approximate surface area is 275 Å². The van der Waals surface area contributed by atoms with Crippen molar-refractivity contribution in [3.63, 3.8) is 0 Å². The predicted octanol–water partition coefficient (Wildman–Crippen LogP) is 9.50. The first-order chi connectivity index (χ1) is 21.9. The van der Waals surface area contributed by atoms with Gasteiger partial charge in [-0.3, -0.25) is 9.59 Å². The highest BCUT2D eigenvalue weighted by atomic mass is 16.5. The molecule has 45 heavy (non-hydrogen) atoms. The van der Waals surface area contributed by atoms with E-state index < -0.39 is 12.0 Å². The van der Waals surface area contributed by atoms with Crippen LogP contribution in [-0.4, -0.2) is 41.6 Å². The molecule has 0 aromatic rings. The molecule has 7 nitrogen and oxygen atoms in total. The van der Waals surface area contributed by atoms with Crippen molar-refractivity contribution in [1.82, 2.24) is 5.32 Å². The molecule has 0 aliphatic rings. The fraction of sp³-hybridized carbons (Fsp3) is 0.763. The largest absolute Gasteiger partial charge is 0.480 e. The van der Waals surface area contributed by atoms with Gasteiger partial charge >= 0.3 is 11.9 Å². The molecular weight excluding hydrogens is 564 g/mol. The smallest absolute Gasteiger partial charge is 0.326 e. The minimum atomic E-state index is -1.02. The number of hydrogen-bond donors (Lipinski definition) is 3. The number of unbranched alkanes of at least 4 members (excludes halogenated alkanes) is 14. The normalized spacial score (nSPS) is 13.1. The average molecular weight is 633 g/mol. The number of carboxylic acid groups (broad SMARTS) is 1. The molecule has 0 bridgehead atoms. The summed E-state index contributed by atoms with van der Waals surface area (Å²) in [6.45, 7) is 4.83. The van der Waals surface area contributed by atoms with Crippen LogP contribution in [-0.2, 0) is 19.1 Å². The van der Waals surface area contributed by atoms with E-state index >= 15 is 0 Å². The van der Waals surface area contributed by atoms with Gasteiger partial charge in [0, 0.05) is 12.8 Å². The van der Waals surface area contributed by atoms with Gasteiger partial charge in [-0.05, 0) is 89.7 Å². The number of amides is 1. The number of rotatable bonds is 32. The molecule has 7 heteroatoms. The average Bonchev–Trinajstić information content (AvgIpc) is 3.02. The zero-order chi connectivity index (χ0) is 33.2. The Balaban J connectivity index is 4.27. The summed E-state index contributed by atoms with van der Waals surface area (Å²) in [5.74, 6) is -1.35. The van der Waals surface area contributed by atoms with Crippen molar-refractivity contribution in [2.75, 3.05) is 6.54 Å². The van der Waals surface area contributed by atoms with Crippen LogP contribution in [0.2, 0.25) is 0 Å². The number of nitrogens with one attached hydrogen (secondary N) is 1. The Morgan fingerprint density at radius 3 is 1.91 bits per heavy atom. The highest BCUT2D eigenvalue weighted by molar-refractivity contribution is 5.83. The number of carbonyl (C=O) groups is 3. The van der Waals surface area contributed by atoms with E-state index in [1.807, 2.05) is 0 Å². The lowest BCUT2D eigenvalue weighted by Crippen LogP contribution is -2.40. The number of allylic oxidation sites excluding steroid dienone is 5. The van der Waals surface area contributed by atoms with Crippen molar-refractivity contribution >= 4 is 17.8 Å². The maximum absolute atomic E-state index is 12.6. The number of aliphatic carboxylic acids is 1. The number of hydrogen-bond acceptors (Lipinski definition) is 5. The minimum Gasteiger partial charge on any atom is -0.480 e. The first kappa shape index (κ1) is 42.6. The van der Waals surface area contributed by atoms with E-state index in [9.17, 15) is 19.5 Å². The molecule has 0 radical (unpaired) electrons. The van der Waals surface area contributed by atoms with Crippen molar-refractivity contribution in [2.45, 2.75) is 180 Å². The summed E-state index contributed by atoms with van der Waals surface area (Å²) in [4.78, 5) is 36.1. The molecule has 2 unspecified atom stereocenters. The Morgan fingerprint density at radius 2 is 1.24 bits per heavy atom. The zero-order valence-corrected chi connectivity index (χ0v) is 29.0. The highest BCUT2D eigenvalue weighted by Gasteiger charge is 2.19. The van der Waals surface area contributed by atoms with Crippen molar-refractivity contribution in [3.05, 3.63) is 36.5 Å². The molecular formula is C38H68N2O5. The Hall–Kier alpha value is -2.41. The van der Waals surface area contributed by atoms with Crippen LogP contribution in [0.3, 0.4) is 0 Å². The van der Waals surface area contributed by atoms with Crippen LogP contribution in [0.4, 0.5) is 0 Å². The lowest BCUT2D eigenvalue weighted by atomic mass is 10.1. The van der Waals surface area contributed by atoms with Gasteiger partial charge in [0.05, 0.1) is 0 Å². The topological polar surface area (TPSA) is 119 Å². The van der Waals surface area contributed by atoms with Gasteiger partial charge in [0.15, 0.2) is 0 Å². The van der Waals surface area contributed by atoms with E-state index in [1.54, 1.807) is 0 Å². The molecule has 0 aromatic heterocycles. The van der Waals surface area contributed by atoms with Crippen molar-refractivity contribution in [1.29, 1.82) is 0 Å². The van der Waals surface area contributed by atoms with Crippen molar-refractivity contribution < 1.29 is 24.2 Å². The SMILES string of the molecule is CCCC/C=C\C/C=C\CCCCCCCC(=O)OC(/C=C\CCCCCC)CCCCCCC(=O)NC(CCCN)C(=O)O. The van der Waals surface area contributed by atoms with Crippen LogP contribution >= 0.6 is 0 Å². The van der Waals surface area contributed by atoms with Gasteiger partial charge in [0.1, 0.15) is 12.1 Å². The fourth-order valence-electron chi connectivity index (χ4n) is 5.08. The summed E-state index contributed by atoms with van der Waals surface area (Å²) in [5, 5.41) is 11.9. The summed E-state index contributed by atoms with van der Waals surface area (Å²) in [7, 11) is 0. The lowest BCUT2D eigenvalue weighted by Gasteiger charge is -2.15. The van der Waals surface area contributed by atoms with Crippen LogP contribution in [0.5, 0.6) is 0 Å². The summed E-state index contributed by atoms with van der Waals surface area (Å²) in [6, 6.07) is -0.870. The molecule has 0 spiro atoms. The fourth-order valence-corrected chi connectivity index (χ4v) is 5.08. The van der Waals surface area contributed by atoms with Gasteiger partial charge in [-0.2, -0.15) is 0 Å². The molecule has 0 saturated heterocycles. The van der Waals surface area contributed by atoms with E-state index in [2.05, 4.69) is 55.6 Å². The molecule has 0 aliphatic carbocycles. The molecule has 4 N–H and O–H groups in total. The summed E-state index contributed by atoms with van der Waals surface area (Å²) in [6.07, 6.45) is 36.3. The van der Waals surface area contributed by atoms with E-state index in [4.69, 9.17) is 10.5 Å². The maximum atomic E-state index is 12.6. The third-order valence-corrected chi connectivity index (χ3v) is 7.91. The molecule has 0 aromatic carbocycles. The minimum absolute atomic E-state index is 0.107. The lowest BCUT2D eigenvalue weighted by molar-refractivity contribution is -0.147. The van der Waals surface area contributed by atoms with E-state index in [0.29, 0.717) is 38.6 Å². The molecule has 0 heterocycles. The van der Waals surface area contributed by atoms with E-state index in [1.165, 1.54) is 51.4 Å². The molecule has 0 saturated carbocycles. The second-order valence-electron chi connectivity index (χ2n) is 12.3. The maximum Gasteiger partial charge on any atom is 0.326 e. The molecule has 1 amide bonds. The van der Waals surface area contributed by atoms with Crippen LogP contribution in [0.15, 0.2) is 36.5 Å². The number of nitrogens with two attached hydrogens (primary N) is 1. The van der Waals surface area contributed by atoms with Crippen LogP contribution in [0.25, 0.3) is 0 Å². The van der Waals surface area contributed by atoms with Crippen LogP contribution in [0.1, 0.15) is 168 Å². The quantitative estimate of drug-likeness (QED) is 0.0386. The molecule has 0 rings (SSSR count). The first-order valence-electron chi connectivity index (χ1n) is 18.3. The Bertz CT molecular complexity index is 808. The van der Waals surface area contributed by atoms with E-state index in [-0.39, 0.29) is 18.0 Å². The number of ether oxygens (including phenoxy) is 1. The highest BCUT2D eigenvalue weighted by Crippen LogP contribution is 2.15. The zero-order valence-electron chi connectivity index (χ0n) is 29.0. The third-order valence-electron chi connectivity index (χ3n) is 7.91. The van der Waals surface area contributed by atoms with Crippen molar-refractivity contribution in [3.8, 4) is 0 Å². The molecule has 2 atom stereocenters. The Kier molecular flexibility index (Phi) is 31.2. The predicted molar refractivity (Wildman–Crippen MR) is 188 cm³/mol. The van der Waals surface area contributed by atoms with Gasteiger partial charge < -0.3 is 20.9 Å². The molecule has 0 fully saturated rings. The summed E-state index contributed by atoms with van der Waals surface area (Å²) >= 11 is 0. The van der Waals surface area contributed by atoms with Crippen LogP contribution < -0.4 is 11.1 Å². The first-order valence-corrected chi connectivity index (χ1v) is 18.3. The molecule has 260 valence electrons. The van der Waals surface area contributed by atoms with Crippen molar-refractivity contribution in [2.24, 2.45) is 5.73 Å². The number of carbonyl (C=O) groups excluding carboxylic acids is 2. The third kappa shape index (κ3) is 30.0. The molecule has 0 aliphatic heterocycles. The Morgan fingerprint density at radius 1 is 0.667 bits per heavy atom. The van der Waals surface area contributed by atoms with E-state index in [0.717, 1.165) is 70.6 Å².